The van der Waals surface area contributed by atoms with Gasteiger partial charge < -0.3 is 4.42 Å². The zero-order valence-electron chi connectivity index (χ0n) is 11.2. The molecule has 0 amide bonds. The number of hydrogen-bond donors (Lipinski definition) is 2. The Morgan fingerprint density at radius 3 is 2.32 bits per heavy atom. The molecule has 0 aliphatic heterocycles. The van der Waals surface area contributed by atoms with Gasteiger partial charge in [-0.3, -0.25) is 4.72 Å². The monoisotopic (exact) mass is 333 g/mol. The van der Waals surface area contributed by atoms with E-state index in [1.807, 2.05) is 0 Å². The van der Waals surface area contributed by atoms with E-state index >= 15 is 0 Å². The average Bonchev–Trinajstić information content (AvgIpc) is 2.95. The maximum atomic E-state index is 12.2. The van der Waals surface area contributed by atoms with Gasteiger partial charge in [0.15, 0.2) is 0 Å². The summed E-state index contributed by atoms with van der Waals surface area (Å²) in [7, 11) is -3.60. The van der Waals surface area contributed by atoms with E-state index in [0.717, 1.165) is 0 Å². The van der Waals surface area contributed by atoms with Crippen molar-refractivity contribution >= 4 is 27.9 Å². The molecule has 22 heavy (non-hydrogen) atoms. The van der Waals surface area contributed by atoms with Gasteiger partial charge in [-0.05, 0) is 48.6 Å². The smallest absolute Gasteiger partial charge is 0.284 e. The van der Waals surface area contributed by atoms with Crippen molar-refractivity contribution in [2.24, 2.45) is 0 Å². The Morgan fingerprint density at radius 1 is 1.05 bits per heavy atom. The van der Waals surface area contributed by atoms with Gasteiger partial charge in [-0.1, -0.05) is 18.2 Å². The van der Waals surface area contributed by atoms with E-state index in [9.17, 15) is 8.42 Å². The van der Waals surface area contributed by atoms with E-state index in [0.29, 0.717) is 17.1 Å². The van der Waals surface area contributed by atoms with Crippen molar-refractivity contribution in [2.75, 3.05) is 4.72 Å². The van der Waals surface area contributed by atoms with E-state index in [4.69, 9.17) is 16.6 Å². The lowest BCUT2D eigenvalue weighted by Gasteiger charge is -2.08. The second-order valence-corrected chi connectivity index (χ2v) is 6.47. The number of nitrogens with zero attached hydrogens (tertiary/aromatic N) is 1. The van der Waals surface area contributed by atoms with Crippen LogP contribution in [0.5, 0.6) is 0 Å². The summed E-state index contributed by atoms with van der Waals surface area (Å²) in [6.45, 7) is 0. The van der Waals surface area contributed by atoms with Crippen molar-refractivity contribution < 1.29 is 12.8 Å². The van der Waals surface area contributed by atoms with E-state index in [1.54, 1.807) is 42.5 Å². The lowest BCUT2D eigenvalue weighted by molar-refractivity contribution is 0.552. The molecule has 112 valence electrons. The molecule has 2 aromatic carbocycles. The number of hydrogen-bond acceptors (Lipinski definition) is 5. The summed E-state index contributed by atoms with van der Waals surface area (Å²) >= 11 is 4.81. The highest BCUT2D eigenvalue weighted by Crippen LogP contribution is 2.21. The van der Waals surface area contributed by atoms with Crippen LogP contribution in [-0.4, -0.2) is 18.6 Å². The summed E-state index contributed by atoms with van der Waals surface area (Å²) in [5.41, 5.74) is 1.14. The Kier molecular flexibility index (Phi) is 3.78. The summed E-state index contributed by atoms with van der Waals surface area (Å²) < 4.78 is 32.1. The number of H-pyrrole nitrogens is 1. The largest absolute Gasteiger partial charge is 0.409 e. The molecule has 8 heteroatoms. The third-order valence-corrected chi connectivity index (χ3v) is 4.45. The van der Waals surface area contributed by atoms with Gasteiger partial charge in [-0.25, -0.2) is 13.5 Å². The van der Waals surface area contributed by atoms with Crippen molar-refractivity contribution in [3.8, 4) is 11.5 Å². The SMILES string of the molecule is O=S(=O)(Nc1ccc(-c2n[nH]c(=S)o2)cc1)c1ccccc1. The Hall–Kier alpha value is -2.45. The zero-order valence-corrected chi connectivity index (χ0v) is 12.8. The minimum atomic E-state index is -3.60. The molecule has 0 saturated carbocycles. The minimum absolute atomic E-state index is 0.184. The molecule has 0 aliphatic rings. The lowest BCUT2D eigenvalue weighted by Crippen LogP contribution is -2.12. The fourth-order valence-corrected chi connectivity index (χ4v) is 3.05. The molecule has 0 radical (unpaired) electrons. The highest BCUT2D eigenvalue weighted by molar-refractivity contribution is 7.92. The first-order valence-electron chi connectivity index (χ1n) is 6.28. The molecule has 1 heterocycles. The molecule has 0 saturated heterocycles. The molecule has 1 aromatic heterocycles. The average molecular weight is 333 g/mol. The first-order chi connectivity index (χ1) is 10.5. The second-order valence-electron chi connectivity index (χ2n) is 4.41. The fourth-order valence-electron chi connectivity index (χ4n) is 1.85. The van der Waals surface area contributed by atoms with E-state index in [2.05, 4.69) is 14.9 Å². The van der Waals surface area contributed by atoms with Crippen molar-refractivity contribution in [3.63, 3.8) is 0 Å². The number of nitrogens with one attached hydrogen (secondary N) is 2. The molecule has 3 rings (SSSR count). The Morgan fingerprint density at radius 2 is 1.73 bits per heavy atom. The summed E-state index contributed by atoms with van der Waals surface area (Å²) in [4.78, 5) is 0.390. The van der Waals surface area contributed by atoms with E-state index in [1.165, 1.54) is 12.1 Å². The van der Waals surface area contributed by atoms with Gasteiger partial charge in [0.25, 0.3) is 14.9 Å². The van der Waals surface area contributed by atoms with Gasteiger partial charge in [-0.15, -0.1) is 5.10 Å². The Bertz CT molecular complexity index is 929. The van der Waals surface area contributed by atoms with Crippen LogP contribution in [0.3, 0.4) is 0 Å². The summed E-state index contributed by atoms with van der Waals surface area (Å²) in [5, 5.41) is 6.43. The number of anilines is 1. The van der Waals surface area contributed by atoms with Crippen LogP contribution in [0.15, 0.2) is 63.9 Å². The van der Waals surface area contributed by atoms with Crippen LogP contribution in [0, 0.1) is 4.84 Å². The molecule has 0 aliphatic carbocycles. The third-order valence-electron chi connectivity index (χ3n) is 2.88. The van der Waals surface area contributed by atoms with Crippen LogP contribution < -0.4 is 4.72 Å². The molecule has 2 N–H and O–H groups in total. The molecule has 0 unspecified atom stereocenters. The Balaban J connectivity index is 1.83. The van der Waals surface area contributed by atoms with Crippen LogP contribution in [0.2, 0.25) is 0 Å². The molecule has 0 fully saturated rings. The standard InChI is InChI=1S/C14H11N3O3S2/c18-22(19,12-4-2-1-3-5-12)17-11-8-6-10(7-9-11)13-15-16-14(21)20-13/h1-9,17H,(H,16,21). The predicted molar refractivity (Wildman–Crippen MR) is 84.4 cm³/mol. The minimum Gasteiger partial charge on any atom is -0.409 e. The van der Waals surface area contributed by atoms with Crippen LogP contribution in [-0.2, 0) is 10.0 Å². The topological polar surface area (TPSA) is 88.0 Å². The highest BCUT2D eigenvalue weighted by Gasteiger charge is 2.13. The molecular formula is C14H11N3O3S2. The quantitative estimate of drug-likeness (QED) is 0.716. The van der Waals surface area contributed by atoms with Gasteiger partial charge in [0.2, 0.25) is 5.89 Å². The Labute approximate surface area is 131 Å². The van der Waals surface area contributed by atoms with Crippen molar-refractivity contribution in [1.82, 2.24) is 10.2 Å². The molecule has 3 aromatic rings. The fraction of sp³-hybridized carbons (Fsp3) is 0. The molecule has 0 bridgehead atoms. The van der Waals surface area contributed by atoms with Crippen LogP contribution in [0.1, 0.15) is 0 Å². The van der Waals surface area contributed by atoms with Crippen LogP contribution in [0.4, 0.5) is 5.69 Å². The summed E-state index contributed by atoms with van der Waals surface area (Å²) in [6, 6.07) is 14.8. The van der Waals surface area contributed by atoms with Crippen molar-refractivity contribution in [1.29, 1.82) is 0 Å². The maximum Gasteiger partial charge on any atom is 0.284 e. The van der Waals surface area contributed by atoms with Gasteiger partial charge in [0.1, 0.15) is 0 Å². The number of benzene rings is 2. The van der Waals surface area contributed by atoms with Gasteiger partial charge >= 0.3 is 0 Å². The first kappa shape index (κ1) is 14.5. The normalized spacial score (nSPS) is 11.3. The van der Waals surface area contributed by atoms with Crippen molar-refractivity contribution in [3.05, 3.63) is 59.4 Å². The molecule has 0 atom stereocenters. The number of sulfonamides is 1. The van der Waals surface area contributed by atoms with Gasteiger partial charge in [0, 0.05) is 11.3 Å². The first-order valence-corrected chi connectivity index (χ1v) is 8.17. The highest BCUT2D eigenvalue weighted by atomic mass is 32.2. The van der Waals surface area contributed by atoms with E-state index in [-0.39, 0.29) is 9.73 Å². The predicted octanol–water partition coefficient (Wildman–Crippen LogP) is 3.20. The number of aromatic nitrogens is 2. The zero-order chi connectivity index (χ0) is 15.6. The van der Waals surface area contributed by atoms with Crippen LogP contribution in [0.25, 0.3) is 11.5 Å². The number of aromatic amines is 1. The lowest BCUT2D eigenvalue weighted by atomic mass is 10.2. The molecule has 6 nitrogen and oxygen atoms in total. The third kappa shape index (κ3) is 3.07. The second kappa shape index (κ2) is 5.74. The van der Waals surface area contributed by atoms with Gasteiger partial charge in [-0.2, -0.15) is 0 Å². The van der Waals surface area contributed by atoms with Crippen molar-refractivity contribution in [2.45, 2.75) is 4.90 Å². The molecule has 0 spiro atoms. The number of rotatable bonds is 4. The summed E-state index contributed by atoms with van der Waals surface area (Å²) in [6.07, 6.45) is 0. The van der Waals surface area contributed by atoms with Crippen LogP contribution >= 0.6 is 12.2 Å². The maximum absolute atomic E-state index is 12.2. The van der Waals surface area contributed by atoms with E-state index < -0.39 is 10.0 Å². The molecular weight excluding hydrogens is 322 g/mol. The summed E-state index contributed by atoms with van der Waals surface area (Å²) in [5.74, 6) is 0.350. The van der Waals surface area contributed by atoms with Gasteiger partial charge in [0.05, 0.1) is 4.90 Å².